The van der Waals surface area contributed by atoms with Gasteiger partial charge in [0.05, 0.1) is 18.8 Å². The Hall–Kier alpha value is -0.650. The second-order valence-electron chi connectivity index (χ2n) is 4.51. The molecule has 2 N–H and O–H groups in total. The van der Waals surface area contributed by atoms with E-state index < -0.39 is 0 Å². The smallest absolute Gasteiger partial charge is 0.254 e. The number of carbonyl (C=O) groups is 1. The van der Waals surface area contributed by atoms with Crippen molar-refractivity contribution >= 4 is 5.91 Å². The van der Waals surface area contributed by atoms with Gasteiger partial charge in [-0.3, -0.25) is 10.2 Å². The number of hydrogen-bond donors (Lipinski definition) is 2. The number of rotatable bonds is 3. The van der Waals surface area contributed by atoms with Crippen molar-refractivity contribution in [3.05, 3.63) is 0 Å². The van der Waals surface area contributed by atoms with Crippen molar-refractivity contribution in [2.75, 3.05) is 32.8 Å². The first-order valence-electron chi connectivity index (χ1n) is 6.16. The zero-order valence-electron chi connectivity index (χ0n) is 9.92. The molecule has 2 heterocycles. The van der Waals surface area contributed by atoms with Crippen LogP contribution < -0.4 is 10.7 Å². The second kappa shape index (κ2) is 5.12. The van der Waals surface area contributed by atoms with Crippen molar-refractivity contribution < 1.29 is 9.53 Å². The lowest BCUT2D eigenvalue weighted by Crippen LogP contribution is -2.59. The highest BCUT2D eigenvalue weighted by molar-refractivity contribution is 5.86. The molecule has 0 aliphatic carbocycles. The topological polar surface area (TPSA) is 53.6 Å². The van der Waals surface area contributed by atoms with Gasteiger partial charge in [0, 0.05) is 13.1 Å². The molecule has 0 aromatic carbocycles. The number of morpholine rings is 1. The third-order valence-electron chi connectivity index (χ3n) is 3.55. The molecule has 2 aliphatic heterocycles. The first-order valence-corrected chi connectivity index (χ1v) is 6.16. The predicted octanol–water partition coefficient (Wildman–Crippen LogP) is -0.118. The van der Waals surface area contributed by atoms with Crippen molar-refractivity contribution in [2.45, 2.75) is 31.7 Å². The zero-order chi connectivity index (χ0) is 11.4. The minimum Gasteiger partial charge on any atom is -0.379 e. The van der Waals surface area contributed by atoms with E-state index in [0.717, 1.165) is 38.9 Å². The number of carbonyl (C=O) groups excluding carboxylic acids is 1. The van der Waals surface area contributed by atoms with Gasteiger partial charge in [0.2, 0.25) is 0 Å². The van der Waals surface area contributed by atoms with E-state index >= 15 is 0 Å². The maximum absolute atomic E-state index is 12.2. The van der Waals surface area contributed by atoms with Crippen LogP contribution in [-0.2, 0) is 9.53 Å². The summed E-state index contributed by atoms with van der Waals surface area (Å²) in [5.41, 5.74) is 2.67. The van der Waals surface area contributed by atoms with E-state index in [4.69, 9.17) is 4.74 Å². The molecular weight excluding hydrogens is 206 g/mol. The van der Waals surface area contributed by atoms with Crippen molar-refractivity contribution in [3.8, 4) is 0 Å². The van der Waals surface area contributed by atoms with Gasteiger partial charge in [0.25, 0.3) is 5.91 Å². The van der Waals surface area contributed by atoms with Crippen molar-refractivity contribution in [1.82, 2.24) is 15.8 Å². The molecule has 2 fully saturated rings. The van der Waals surface area contributed by atoms with E-state index in [1.165, 1.54) is 0 Å². The second-order valence-corrected chi connectivity index (χ2v) is 4.51. The van der Waals surface area contributed by atoms with Gasteiger partial charge in [-0.1, -0.05) is 6.92 Å². The van der Waals surface area contributed by atoms with Crippen LogP contribution in [-0.4, -0.2) is 49.3 Å². The van der Waals surface area contributed by atoms with Gasteiger partial charge < -0.3 is 10.1 Å². The van der Waals surface area contributed by atoms with Crippen LogP contribution in [0, 0.1) is 0 Å². The van der Waals surface area contributed by atoms with Crippen LogP contribution in [0.4, 0.5) is 0 Å². The van der Waals surface area contributed by atoms with Crippen LogP contribution in [0.1, 0.15) is 26.2 Å². The highest BCUT2D eigenvalue weighted by Crippen LogP contribution is 2.23. The molecule has 2 saturated heterocycles. The quantitative estimate of drug-likeness (QED) is 0.706. The molecule has 0 aromatic rings. The maximum Gasteiger partial charge on any atom is 0.254 e. The summed E-state index contributed by atoms with van der Waals surface area (Å²) in [5, 5.41) is 5.30. The Balaban J connectivity index is 1.90. The van der Waals surface area contributed by atoms with Gasteiger partial charge in [-0.15, -0.1) is 0 Å². The molecule has 1 unspecified atom stereocenters. The Morgan fingerprint density at radius 1 is 1.50 bits per heavy atom. The number of nitrogens with zero attached hydrogens (tertiary/aromatic N) is 1. The van der Waals surface area contributed by atoms with Gasteiger partial charge >= 0.3 is 0 Å². The van der Waals surface area contributed by atoms with Gasteiger partial charge in [0.1, 0.15) is 0 Å². The van der Waals surface area contributed by atoms with Crippen molar-refractivity contribution in [1.29, 1.82) is 0 Å². The lowest BCUT2D eigenvalue weighted by molar-refractivity contribution is -0.134. The fourth-order valence-corrected chi connectivity index (χ4v) is 2.39. The SMILES string of the molecule is CCC1(C(=O)NN2CCOCC2)CCCN1. The molecule has 0 aromatic heterocycles. The standard InChI is InChI=1S/C11H21N3O2/c1-2-11(4-3-5-12-11)10(15)13-14-6-8-16-9-7-14/h12H,2-9H2,1H3,(H,13,15). The molecule has 92 valence electrons. The molecule has 16 heavy (non-hydrogen) atoms. The monoisotopic (exact) mass is 227 g/mol. The summed E-state index contributed by atoms with van der Waals surface area (Å²) in [6.45, 7) is 5.98. The molecule has 2 rings (SSSR count). The van der Waals surface area contributed by atoms with E-state index in [9.17, 15) is 4.79 Å². The Morgan fingerprint density at radius 3 is 2.81 bits per heavy atom. The highest BCUT2D eigenvalue weighted by Gasteiger charge is 2.39. The normalized spacial score (nSPS) is 31.6. The van der Waals surface area contributed by atoms with Crippen LogP contribution in [0.3, 0.4) is 0 Å². The third-order valence-corrected chi connectivity index (χ3v) is 3.55. The van der Waals surface area contributed by atoms with Gasteiger partial charge in [-0.05, 0) is 25.8 Å². The Labute approximate surface area is 96.5 Å². The molecule has 0 bridgehead atoms. The summed E-state index contributed by atoms with van der Waals surface area (Å²) >= 11 is 0. The first-order chi connectivity index (χ1) is 7.77. The highest BCUT2D eigenvalue weighted by atomic mass is 16.5. The van der Waals surface area contributed by atoms with Gasteiger partial charge in [-0.25, -0.2) is 5.01 Å². The predicted molar refractivity (Wildman–Crippen MR) is 60.8 cm³/mol. The molecule has 0 radical (unpaired) electrons. The fourth-order valence-electron chi connectivity index (χ4n) is 2.39. The number of amides is 1. The minimum absolute atomic E-state index is 0.120. The van der Waals surface area contributed by atoms with Crippen LogP contribution in [0.5, 0.6) is 0 Å². The lowest BCUT2D eigenvalue weighted by Gasteiger charge is -2.33. The van der Waals surface area contributed by atoms with E-state index in [2.05, 4.69) is 17.7 Å². The Kier molecular flexibility index (Phi) is 3.78. The molecule has 5 nitrogen and oxygen atoms in total. The van der Waals surface area contributed by atoms with Crippen molar-refractivity contribution in [3.63, 3.8) is 0 Å². The average molecular weight is 227 g/mol. The molecule has 1 atom stereocenters. The number of nitrogens with one attached hydrogen (secondary N) is 2. The average Bonchev–Trinajstić information content (AvgIpc) is 2.80. The fraction of sp³-hybridized carbons (Fsp3) is 0.909. The molecule has 1 amide bonds. The van der Waals surface area contributed by atoms with Gasteiger partial charge in [-0.2, -0.15) is 0 Å². The number of hydrazine groups is 1. The summed E-state index contributed by atoms with van der Waals surface area (Å²) in [7, 11) is 0. The molecule has 0 spiro atoms. The summed E-state index contributed by atoms with van der Waals surface area (Å²) < 4.78 is 5.25. The maximum atomic E-state index is 12.2. The molecule has 2 aliphatic rings. The van der Waals surface area contributed by atoms with Crippen LogP contribution in [0.2, 0.25) is 0 Å². The summed E-state index contributed by atoms with van der Waals surface area (Å²) in [5.74, 6) is 0.120. The van der Waals surface area contributed by atoms with Crippen LogP contribution >= 0.6 is 0 Å². The third kappa shape index (κ3) is 2.36. The van der Waals surface area contributed by atoms with E-state index in [1.807, 2.05) is 5.01 Å². The van der Waals surface area contributed by atoms with Crippen LogP contribution in [0.15, 0.2) is 0 Å². The zero-order valence-corrected chi connectivity index (χ0v) is 9.92. The molecule has 0 saturated carbocycles. The molecular formula is C11H21N3O2. The van der Waals surface area contributed by atoms with Crippen LogP contribution in [0.25, 0.3) is 0 Å². The number of ether oxygens (including phenoxy) is 1. The van der Waals surface area contributed by atoms with Crippen molar-refractivity contribution in [2.24, 2.45) is 0 Å². The minimum atomic E-state index is -0.335. The van der Waals surface area contributed by atoms with E-state index in [1.54, 1.807) is 0 Å². The summed E-state index contributed by atoms with van der Waals surface area (Å²) in [6.07, 6.45) is 2.88. The van der Waals surface area contributed by atoms with Gasteiger partial charge in [0.15, 0.2) is 0 Å². The van der Waals surface area contributed by atoms with E-state index in [0.29, 0.717) is 13.2 Å². The molecule has 5 heteroatoms. The number of hydrogen-bond acceptors (Lipinski definition) is 4. The van der Waals surface area contributed by atoms with E-state index in [-0.39, 0.29) is 11.4 Å². The Morgan fingerprint density at radius 2 is 2.25 bits per heavy atom. The lowest BCUT2D eigenvalue weighted by atomic mass is 9.93. The summed E-state index contributed by atoms with van der Waals surface area (Å²) in [6, 6.07) is 0. The Bertz CT molecular complexity index is 246. The first kappa shape index (κ1) is 11.8. The largest absolute Gasteiger partial charge is 0.379 e. The summed E-state index contributed by atoms with van der Waals surface area (Å²) in [4.78, 5) is 12.2.